The second kappa shape index (κ2) is 5.18. The Labute approximate surface area is 116 Å². The molecule has 0 spiro atoms. The predicted molar refractivity (Wildman–Crippen MR) is 77.2 cm³/mol. The molecule has 2 unspecified atom stereocenters. The van der Waals surface area contributed by atoms with Crippen LogP contribution in [0.5, 0.6) is 0 Å². The van der Waals surface area contributed by atoms with Crippen molar-refractivity contribution in [2.45, 2.75) is 13.8 Å². The van der Waals surface area contributed by atoms with E-state index < -0.39 is 0 Å². The van der Waals surface area contributed by atoms with Crippen molar-refractivity contribution >= 4 is 27.5 Å². The summed E-state index contributed by atoms with van der Waals surface area (Å²) in [5.74, 6) is 1.47. The average molecular weight is 312 g/mol. The molecule has 1 aromatic carbocycles. The molecule has 5 heteroatoms. The van der Waals surface area contributed by atoms with Gasteiger partial charge in [0.05, 0.1) is 0 Å². The maximum absolute atomic E-state index is 8.88. The van der Waals surface area contributed by atoms with Crippen LogP contribution in [-0.4, -0.2) is 24.1 Å². The lowest BCUT2D eigenvalue weighted by Crippen LogP contribution is -2.24. The van der Waals surface area contributed by atoms with Crippen LogP contribution in [0.25, 0.3) is 0 Å². The van der Waals surface area contributed by atoms with Gasteiger partial charge in [-0.3, -0.25) is 0 Å². The summed E-state index contributed by atoms with van der Waals surface area (Å²) in [6.45, 7) is 6.53. The number of halogens is 1. The largest absolute Gasteiger partial charge is 0.409 e. The van der Waals surface area contributed by atoms with E-state index in [9.17, 15) is 0 Å². The first-order valence-corrected chi connectivity index (χ1v) is 6.84. The smallest absolute Gasteiger partial charge is 0.172 e. The van der Waals surface area contributed by atoms with E-state index in [4.69, 9.17) is 10.9 Å². The van der Waals surface area contributed by atoms with Gasteiger partial charge in [-0.15, -0.1) is 0 Å². The van der Waals surface area contributed by atoms with Crippen molar-refractivity contribution in [2.24, 2.45) is 22.7 Å². The van der Waals surface area contributed by atoms with Crippen LogP contribution in [0, 0.1) is 11.8 Å². The predicted octanol–water partition coefficient (Wildman–Crippen LogP) is 2.64. The van der Waals surface area contributed by atoms with Crippen molar-refractivity contribution in [3.8, 4) is 0 Å². The van der Waals surface area contributed by atoms with Gasteiger partial charge >= 0.3 is 0 Å². The van der Waals surface area contributed by atoms with Gasteiger partial charge in [0.25, 0.3) is 0 Å². The lowest BCUT2D eigenvalue weighted by molar-refractivity contribution is 0.318. The van der Waals surface area contributed by atoms with Crippen LogP contribution < -0.4 is 10.6 Å². The second-order valence-corrected chi connectivity index (χ2v) is 5.92. The number of rotatable bonds is 2. The molecule has 0 aromatic heterocycles. The standard InChI is InChI=1S/C13H18BrN3O/c1-8-6-17(7-9(8)2)12-4-3-10(14)5-11(12)13(15)16-18/h3-5,8-9,18H,6-7H2,1-2H3,(H2,15,16). The van der Waals surface area contributed by atoms with Crippen LogP contribution in [0.2, 0.25) is 0 Å². The highest BCUT2D eigenvalue weighted by molar-refractivity contribution is 9.10. The second-order valence-electron chi connectivity index (χ2n) is 5.01. The molecule has 4 nitrogen and oxygen atoms in total. The maximum atomic E-state index is 8.88. The minimum atomic E-state index is 0.151. The fraction of sp³-hybridized carbons (Fsp3) is 0.462. The highest BCUT2D eigenvalue weighted by atomic mass is 79.9. The van der Waals surface area contributed by atoms with Gasteiger partial charge in [0.2, 0.25) is 0 Å². The summed E-state index contributed by atoms with van der Waals surface area (Å²) in [5, 5.41) is 12.0. The molecule has 1 aliphatic rings. The highest BCUT2D eigenvalue weighted by Crippen LogP contribution is 2.31. The molecule has 1 fully saturated rings. The molecule has 0 radical (unpaired) electrons. The lowest BCUT2D eigenvalue weighted by atomic mass is 10.0. The van der Waals surface area contributed by atoms with Crippen LogP contribution in [-0.2, 0) is 0 Å². The first-order chi connectivity index (χ1) is 8.52. The number of nitrogens with zero attached hydrogens (tertiary/aromatic N) is 2. The Morgan fingerprint density at radius 1 is 1.39 bits per heavy atom. The van der Waals surface area contributed by atoms with Crippen LogP contribution in [0.15, 0.2) is 27.8 Å². The zero-order valence-electron chi connectivity index (χ0n) is 10.6. The summed E-state index contributed by atoms with van der Waals surface area (Å²) >= 11 is 3.42. The van der Waals surface area contributed by atoms with Gasteiger partial charge in [0.1, 0.15) is 0 Å². The third kappa shape index (κ3) is 2.46. The molecule has 0 amide bonds. The van der Waals surface area contributed by atoms with E-state index in [-0.39, 0.29) is 5.84 Å². The molecule has 2 atom stereocenters. The van der Waals surface area contributed by atoms with Crippen LogP contribution in [0.1, 0.15) is 19.4 Å². The van der Waals surface area contributed by atoms with Crippen LogP contribution in [0.4, 0.5) is 5.69 Å². The molecular weight excluding hydrogens is 294 g/mol. The zero-order chi connectivity index (χ0) is 13.3. The van der Waals surface area contributed by atoms with Crippen molar-refractivity contribution in [2.75, 3.05) is 18.0 Å². The summed E-state index contributed by atoms with van der Waals surface area (Å²) in [7, 11) is 0. The normalized spacial score (nSPS) is 24.6. The summed E-state index contributed by atoms with van der Waals surface area (Å²) in [6, 6.07) is 5.89. The van der Waals surface area contributed by atoms with E-state index >= 15 is 0 Å². The number of hydrogen-bond donors (Lipinski definition) is 2. The molecule has 3 N–H and O–H groups in total. The zero-order valence-corrected chi connectivity index (χ0v) is 12.2. The van der Waals surface area contributed by atoms with Crippen molar-refractivity contribution in [3.05, 3.63) is 28.2 Å². The van der Waals surface area contributed by atoms with E-state index in [0.717, 1.165) is 28.8 Å². The SMILES string of the molecule is CC1CN(c2ccc(Br)cc2/C(N)=N/O)CC1C. The fourth-order valence-electron chi connectivity index (χ4n) is 2.37. The van der Waals surface area contributed by atoms with Gasteiger partial charge in [-0.05, 0) is 30.0 Å². The van der Waals surface area contributed by atoms with Crippen molar-refractivity contribution in [1.82, 2.24) is 0 Å². The molecule has 1 heterocycles. The van der Waals surface area contributed by atoms with E-state index in [1.54, 1.807) is 0 Å². The average Bonchev–Trinajstić information content (AvgIpc) is 2.68. The molecule has 0 bridgehead atoms. The number of nitrogens with two attached hydrogens (primary N) is 1. The highest BCUT2D eigenvalue weighted by Gasteiger charge is 2.28. The molecule has 18 heavy (non-hydrogen) atoms. The van der Waals surface area contributed by atoms with Gasteiger partial charge < -0.3 is 15.8 Å². The minimum Gasteiger partial charge on any atom is -0.409 e. The summed E-state index contributed by atoms with van der Waals surface area (Å²) < 4.78 is 0.924. The quantitative estimate of drug-likeness (QED) is 0.382. The molecular formula is C13H18BrN3O. The number of benzene rings is 1. The van der Waals surface area contributed by atoms with Crippen molar-refractivity contribution in [3.63, 3.8) is 0 Å². The van der Waals surface area contributed by atoms with E-state index in [2.05, 4.69) is 39.8 Å². The van der Waals surface area contributed by atoms with E-state index in [0.29, 0.717) is 11.8 Å². The maximum Gasteiger partial charge on any atom is 0.172 e. The summed E-state index contributed by atoms with van der Waals surface area (Å²) in [5.41, 5.74) is 7.56. The molecule has 2 rings (SSSR count). The van der Waals surface area contributed by atoms with Gasteiger partial charge in [0, 0.05) is 28.8 Å². The monoisotopic (exact) mass is 311 g/mol. The number of anilines is 1. The van der Waals surface area contributed by atoms with E-state index in [1.807, 2.05) is 18.2 Å². The topological polar surface area (TPSA) is 61.8 Å². The van der Waals surface area contributed by atoms with Crippen molar-refractivity contribution in [1.29, 1.82) is 0 Å². The summed E-state index contributed by atoms with van der Waals surface area (Å²) in [4.78, 5) is 2.30. The Kier molecular flexibility index (Phi) is 3.80. The third-order valence-corrected chi connectivity index (χ3v) is 4.16. The Hall–Kier alpha value is -1.23. The minimum absolute atomic E-state index is 0.151. The van der Waals surface area contributed by atoms with E-state index in [1.165, 1.54) is 0 Å². The lowest BCUT2D eigenvalue weighted by Gasteiger charge is -2.21. The van der Waals surface area contributed by atoms with Gasteiger partial charge in [-0.2, -0.15) is 0 Å². The molecule has 1 aromatic rings. The Morgan fingerprint density at radius 3 is 2.56 bits per heavy atom. The molecule has 98 valence electrons. The van der Waals surface area contributed by atoms with Crippen LogP contribution >= 0.6 is 15.9 Å². The van der Waals surface area contributed by atoms with Gasteiger partial charge in [0.15, 0.2) is 5.84 Å². The molecule has 0 aliphatic carbocycles. The van der Waals surface area contributed by atoms with Crippen LogP contribution in [0.3, 0.4) is 0 Å². The first kappa shape index (κ1) is 13.2. The Balaban J connectivity index is 2.39. The fourth-order valence-corrected chi connectivity index (χ4v) is 2.73. The number of hydrogen-bond acceptors (Lipinski definition) is 3. The number of amidine groups is 1. The Morgan fingerprint density at radius 2 is 2.00 bits per heavy atom. The molecule has 0 saturated carbocycles. The summed E-state index contributed by atoms with van der Waals surface area (Å²) in [6.07, 6.45) is 0. The number of oxime groups is 1. The molecule has 1 saturated heterocycles. The third-order valence-electron chi connectivity index (χ3n) is 3.67. The Bertz CT molecular complexity index is 465. The van der Waals surface area contributed by atoms with Gasteiger partial charge in [-0.1, -0.05) is 34.9 Å². The molecule has 1 aliphatic heterocycles. The van der Waals surface area contributed by atoms with Gasteiger partial charge in [-0.25, -0.2) is 0 Å². The van der Waals surface area contributed by atoms with Crippen molar-refractivity contribution < 1.29 is 5.21 Å². The first-order valence-electron chi connectivity index (χ1n) is 6.05.